The molecule has 1 unspecified atom stereocenters. The molecule has 21 heavy (non-hydrogen) atoms. The van der Waals surface area contributed by atoms with E-state index < -0.39 is 0 Å². The molecule has 0 spiro atoms. The maximum absolute atomic E-state index is 5.93. The summed E-state index contributed by atoms with van der Waals surface area (Å²) in [5.74, 6) is 1.01. The second kappa shape index (κ2) is 7.61. The molecule has 1 aromatic carbocycles. The van der Waals surface area contributed by atoms with Gasteiger partial charge in [-0.25, -0.2) is 0 Å². The second-order valence-electron chi connectivity index (χ2n) is 5.96. The van der Waals surface area contributed by atoms with Crippen molar-refractivity contribution in [3.8, 4) is 5.75 Å². The zero-order valence-corrected chi connectivity index (χ0v) is 14.0. The summed E-state index contributed by atoms with van der Waals surface area (Å²) in [6.07, 6.45) is 7.88. The molecule has 1 atom stereocenters. The Bertz CT molecular complexity index is 460. The van der Waals surface area contributed by atoms with Crippen LogP contribution in [0.15, 0.2) is 22.7 Å². The van der Waals surface area contributed by atoms with Crippen molar-refractivity contribution < 1.29 is 9.47 Å². The van der Waals surface area contributed by atoms with Crippen molar-refractivity contribution in [1.82, 2.24) is 5.32 Å². The van der Waals surface area contributed by atoms with E-state index in [-0.39, 0.29) is 0 Å². The van der Waals surface area contributed by atoms with Crippen LogP contribution >= 0.6 is 15.9 Å². The molecule has 3 nitrogen and oxygen atoms in total. The zero-order valence-electron chi connectivity index (χ0n) is 12.4. The lowest BCUT2D eigenvalue weighted by atomic mass is 10.0. The van der Waals surface area contributed by atoms with Gasteiger partial charge in [0.25, 0.3) is 0 Å². The van der Waals surface area contributed by atoms with Crippen LogP contribution in [0.2, 0.25) is 0 Å². The van der Waals surface area contributed by atoms with Crippen LogP contribution in [0.1, 0.15) is 50.1 Å². The van der Waals surface area contributed by atoms with Crippen LogP contribution in [0.25, 0.3) is 0 Å². The van der Waals surface area contributed by atoms with Gasteiger partial charge in [0.1, 0.15) is 5.75 Å². The first-order valence-corrected chi connectivity index (χ1v) is 8.89. The highest BCUT2D eigenvalue weighted by molar-refractivity contribution is 9.10. The monoisotopic (exact) mass is 353 g/mol. The third-order valence-corrected chi connectivity index (χ3v) is 4.89. The lowest BCUT2D eigenvalue weighted by molar-refractivity contribution is 0.0590. The van der Waals surface area contributed by atoms with Gasteiger partial charge in [-0.15, -0.1) is 0 Å². The van der Waals surface area contributed by atoms with Crippen molar-refractivity contribution in [3.05, 3.63) is 28.2 Å². The van der Waals surface area contributed by atoms with E-state index >= 15 is 0 Å². The topological polar surface area (TPSA) is 30.5 Å². The molecule has 3 rings (SSSR count). The molecule has 0 saturated heterocycles. The van der Waals surface area contributed by atoms with Gasteiger partial charge < -0.3 is 14.8 Å². The second-order valence-corrected chi connectivity index (χ2v) is 6.87. The summed E-state index contributed by atoms with van der Waals surface area (Å²) in [4.78, 5) is 0. The van der Waals surface area contributed by atoms with E-state index in [1.165, 1.54) is 31.2 Å². The number of benzene rings is 1. The van der Waals surface area contributed by atoms with Crippen LogP contribution in [0, 0.1) is 0 Å². The minimum Gasteiger partial charge on any atom is -0.493 e. The number of hydrogen-bond donors (Lipinski definition) is 1. The van der Waals surface area contributed by atoms with Gasteiger partial charge in [0.2, 0.25) is 0 Å². The minimum absolute atomic E-state index is 0.378. The third kappa shape index (κ3) is 4.21. The Hall–Kier alpha value is -0.580. The van der Waals surface area contributed by atoms with E-state index in [9.17, 15) is 0 Å². The van der Waals surface area contributed by atoms with E-state index in [1.54, 1.807) is 0 Å². The number of nitrogens with one attached hydrogen (secondary N) is 1. The number of hydrogen-bond acceptors (Lipinski definition) is 3. The van der Waals surface area contributed by atoms with Crippen molar-refractivity contribution >= 4 is 15.9 Å². The Morgan fingerprint density at radius 1 is 1.19 bits per heavy atom. The summed E-state index contributed by atoms with van der Waals surface area (Å²) in [6, 6.07) is 6.71. The Balaban J connectivity index is 1.52. The highest BCUT2D eigenvalue weighted by Gasteiger charge is 2.20. The first-order valence-electron chi connectivity index (χ1n) is 8.10. The SMILES string of the molecule is Brc1ccc2c(c1)OCCCC2NCCOC1CCCC1. The van der Waals surface area contributed by atoms with Gasteiger partial charge in [0.15, 0.2) is 0 Å². The molecular weight excluding hydrogens is 330 g/mol. The average Bonchev–Trinajstić information content (AvgIpc) is 2.92. The van der Waals surface area contributed by atoms with Gasteiger partial charge in [-0.1, -0.05) is 34.8 Å². The Kier molecular flexibility index (Phi) is 5.55. The Morgan fingerprint density at radius 3 is 2.90 bits per heavy atom. The molecular formula is C17H24BrNO2. The van der Waals surface area contributed by atoms with Crippen molar-refractivity contribution in [2.75, 3.05) is 19.8 Å². The smallest absolute Gasteiger partial charge is 0.125 e. The number of ether oxygens (including phenoxy) is 2. The van der Waals surface area contributed by atoms with E-state index in [4.69, 9.17) is 9.47 Å². The fraction of sp³-hybridized carbons (Fsp3) is 0.647. The summed E-state index contributed by atoms with van der Waals surface area (Å²) in [5.41, 5.74) is 1.27. The molecule has 1 aliphatic heterocycles. The van der Waals surface area contributed by atoms with Crippen LogP contribution < -0.4 is 10.1 Å². The van der Waals surface area contributed by atoms with Gasteiger partial charge in [0, 0.05) is 22.6 Å². The van der Waals surface area contributed by atoms with Crippen molar-refractivity contribution in [2.24, 2.45) is 0 Å². The van der Waals surface area contributed by atoms with Gasteiger partial charge in [-0.2, -0.15) is 0 Å². The van der Waals surface area contributed by atoms with Crippen molar-refractivity contribution in [2.45, 2.75) is 50.7 Å². The van der Waals surface area contributed by atoms with Gasteiger partial charge in [-0.3, -0.25) is 0 Å². The van der Waals surface area contributed by atoms with Crippen LogP contribution in [0.5, 0.6) is 5.75 Å². The highest BCUT2D eigenvalue weighted by atomic mass is 79.9. The predicted molar refractivity (Wildman–Crippen MR) is 87.8 cm³/mol. The molecule has 0 bridgehead atoms. The minimum atomic E-state index is 0.378. The first-order chi connectivity index (χ1) is 10.3. The zero-order chi connectivity index (χ0) is 14.5. The summed E-state index contributed by atoms with van der Waals surface area (Å²) in [7, 11) is 0. The first kappa shape index (κ1) is 15.3. The molecule has 116 valence electrons. The molecule has 1 saturated carbocycles. The van der Waals surface area contributed by atoms with Crippen molar-refractivity contribution in [3.63, 3.8) is 0 Å². The lowest BCUT2D eigenvalue weighted by Gasteiger charge is -2.19. The summed E-state index contributed by atoms with van der Waals surface area (Å²) in [6.45, 7) is 2.53. The van der Waals surface area contributed by atoms with E-state index in [0.29, 0.717) is 12.1 Å². The van der Waals surface area contributed by atoms with Gasteiger partial charge >= 0.3 is 0 Å². The number of halogens is 1. The summed E-state index contributed by atoms with van der Waals surface area (Å²) >= 11 is 3.52. The van der Waals surface area contributed by atoms with Crippen LogP contribution in [-0.2, 0) is 4.74 Å². The highest BCUT2D eigenvalue weighted by Crippen LogP contribution is 2.33. The molecule has 1 aliphatic carbocycles. The van der Waals surface area contributed by atoms with Crippen LogP contribution in [-0.4, -0.2) is 25.9 Å². The Morgan fingerprint density at radius 2 is 2.05 bits per heavy atom. The molecule has 1 N–H and O–H groups in total. The molecule has 1 aromatic rings. The molecule has 1 heterocycles. The molecule has 2 aliphatic rings. The van der Waals surface area contributed by atoms with Crippen LogP contribution in [0.4, 0.5) is 0 Å². The quantitative estimate of drug-likeness (QED) is 0.804. The standard InChI is InChI=1S/C17H24BrNO2/c18-13-7-8-15-16(6-3-10-21-17(15)12-13)19-9-11-20-14-4-1-2-5-14/h7-8,12,14,16,19H,1-6,9-11H2. The predicted octanol–water partition coefficient (Wildman–Crippen LogP) is 4.21. The number of rotatable bonds is 5. The van der Waals surface area contributed by atoms with Gasteiger partial charge in [-0.05, 0) is 37.8 Å². The average molecular weight is 354 g/mol. The molecule has 0 amide bonds. The molecule has 0 radical (unpaired) electrons. The van der Waals surface area contributed by atoms with Gasteiger partial charge in [0.05, 0.1) is 19.3 Å². The fourth-order valence-electron chi connectivity index (χ4n) is 3.27. The maximum atomic E-state index is 5.93. The third-order valence-electron chi connectivity index (χ3n) is 4.39. The lowest BCUT2D eigenvalue weighted by Crippen LogP contribution is -2.26. The summed E-state index contributed by atoms with van der Waals surface area (Å²) in [5, 5.41) is 3.64. The fourth-order valence-corrected chi connectivity index (χ4v) is 3.61. The maximum Gasteiger partial charge on any atom is 0.125 e. The van der Waals surface area contributed by atoms with E-state index in [1.807, 2.05) is 0 Å². The van der Waals surface area contributed by atoms with E-state index in [2.05, 4.69) is 39.4 Å². The van der Waals surface area contributed by atoms with Crippen LogP contribution in [0.3, 0.4) is 0 Å². The van der Waals surface area contributed by atoms with E-state index in [0.717, 1.165) is 42.8 Å². The molecule has 1 fully saturated rings. The molecule has 0 aromatic heterocycles. The summed E-state index contributed by atoms with van der Waals surface area (Å²) < 4.78 is 12.9. The largest absolute Gasteiger partial charge is 0.493 e. The normalized spacial score (nSPS) is 22.6. The number of fused-ring (bicyclic) bond motifs is 1. The van der Waals surface area contributed by atoms with Crippen molar-refractivity contribution in [1.29, 1.82) is 0 Å². The molecule has 4 heteroatoms. The Labute approximate surface area is 135 Å².